The fourth-order valence-electron chi connectivity index (χ4n) is 2.16. The molecule has 0 amide bonds. The van der Waals surface area contributed by atoms with E-state index in [1.54, 1.807) is 18.2 Å². The number of carboxylic acid groups (broad SMARTS) is 1. The first kappa shape index (κ1) is 14.5. The zero-order valence-corrected chi connectivity index (χ0v) is 12.5. The molecule has 0 saturated carbocycles. The predicted molar refractivity (Wildman–Crippen MR) is 73.3 cm³/mol. The Kier molecular flexibility index (Phi) is 4.27. The Labute approximate surface area is 120 Å². The van der Waals surface area contributed by atoms with E-state index in [0.717, 1.165) is 0 Å². The van der Waals surface area contributed by atoms with Gasteiger partial charge in [0.25, 0.3) is 0 Å². The highest BCUT2D eigenvalue weighted by atomic mass is 79.9. The number of piperidine rings is 1. The summed E-state index contributed by atoms with van der Waals surface area (Å²) in [4.78, 5) is 11.2. The summed E-state index contributed by atoms with van der Waals surface area (Å²) >= 11 is 3.22. The number of halogens is 1. The molecule has 2 rings (SSSR count). The second-order valence-corrected chi connectivity index (χ2v) is 7.23. The third-order valence-corrected chi connectivity index (χ3v) is 6.07. The van der Waals surface area contributed by atoms with Crippen molar-refractivity contribution in [1.82, 2.24) is 4.31 Å². The lowest BCUT2D eigenvalue weighted by atomic mass is 10.0. The number of hydrogen-bond acceptors (Lipinski definition) is 3. The standard InChI is InChI=1S/C12H14BrNO4S/c13-10-5-1-2-6-11(10)19(17,18)14-7-3-4-9(8-14)12(15)16/h1-2,5-6,9H,3-4,7-8H2,(H,15,16). The molecule has 1 atom stereocenters. The van der Waals surface area contributed by atoms with E-state index in [-0.39, 0.29) is 11.4 Å². The van der Waals surface area contributed by atoms with Crippen molar-refractivity contribution >= 4 is 31.9 Å². The summed E-state index contributed by atoms with van der Waals surface area (Å²) < 4.78 is 26.7. The van der Waals surface area contributed by atoms with Gasteiger partial charge in [0.2, 0.25) is 10.0 Å². The highest BCUT2D eigenvalue weighted by Crippen LogP contribution is 2.28. The van der Waals surface area contributed by atoms with Crippen molar-refractivity contribution in [2.75, 3.05) is 13.1 Å². The van der Waals surface area contributed by atoms with Crippen LogP contribution in [-0.2, 0) is 14.8 Å². The molecule has 1 unspecified atom stereocenters. The molecule has 0 aliphatic carbocycles. The van der Waals surface area contributed by atoms with Crippen LogP contribution in [0, 0.1) is 5.92 Å². The second-order valence-electron chi connectivity index (χ2n) is 4.47. The number of rotatable bonds is 3. The fourth-order valence-corrected chi connectivity index (χ4v) is 4.64. The summed E-state index contributed by atoms with van der Waals surface area (Å²) in [5, 5.41) is 9.02. The molecule has 104 valence electrons. The van der Waals surface area contributed by atoms with E-state index < -0.39 is 21.9 Å². The first-order valence-corrected chi connectivity index (χ1v) is 8.13. The molecule has 1 aliphatic rings. The first-order valence-electron chi connectivity index (χ1n) is 5.90. The quantitative estimate of drug-likeness (QED) is 0.906. The van der Waals surface area contributed by atoms with Gasteiger partial charge in [0.05, 0.1) is 10.8 Å². The summed E-state index contributed by atoms with van der Waals surface area (Å²) in [6.07, 6.45) is 1.10. The van der Waals surface area contributed by atoms with E-state index in [1.165, 1.54) is 10.4 Å². The number of carboxylic acids is 1. The molecule has 1 aliphatic heterocycles. The molecule has 5 nitrogen and oxygen atoms in total. The predicted octanol–water partition coefficient (Wildman–Crippen LogP) is 1.93. The normalized spacial score (nSPS) is 21.2. The number of hydrogen-bond donors (Lipinski definition) is 1. The SMILES string of the molecule is O=C(O)C1CCCN(S(=O)(=O)c2ccccc2Br)C1. The first-order chi connectivity index (χ1) is 8.93. The molecule has 1 aromatic carbocycles. The van der Waals surface area contributed by atoms with Gasteiger partial charge in [-0.05, 0) is 40.9 Å². The fraction of sp³-hybridized carbons (Fsp3) is 0.417. The van der Waals surface area contributed by atoms with Crippen LogP contribution in [0.15, 0.2) is 33.6 Å². The largest absolute Gasteiger partial charge is 0.481 e. The summed E-state index contributed by atoms with van der Waals surface area (Å²) in [5.74, 6) is -1.56. The lowest BCUT2D eigenvalue weighted by Crippen LogP contribution is -2.42. The lowest BCUT2D eigenvalue weighted by Gasteiger charge is -2.30. The van der Waals surface area contributed by atoms with Crippen molar-refractivity contribution in [2.45, 2.75) is 17.7 Å². The van der Waals surface area contributed by atoms with Gasteiger partial charge >= 0.3 is 5.97 Å². The molecule has 7 heteroatoms. The van der Waals surface area contributed by atoms with Crippen molar-refractivity contribution in [3.63, 3.8) is 0 Å². The Morgan fingerprint density at radius 3 is 2.68 bits per heavy atom. The van der Waals surface area contributed by atoms with Crippen LogP contribution in [0.5, 0.6) is 0 Å². The minimum absolute atomic E-state index is 0.0407. The molecular formula is C12H14BrNO4S. The molecule has 19 heavy (non-hydrogen) atoms. The minimum atomic E-state index is -3.64. The molecule has 1 saturated heterocycles. The zero-order chi connectivity index (χ0) is 14.0. The molecule has 0 bridgehead atoms. The molecule has 1 N–H and O–H groups in total. The minimum Gasteiger partial charge on any atom is -0.481 e. The van der Waals surface area contributed by atoms with E-state index in [9.17, 15) is 13.2 Å². The van der Waals surface area contributed by atoms with Crippen LogP contribution >= 0.6 is 15.9 Å². The second kappa shape index (κ2) is 5.60. The highest BCUT2D eigenvalue weighted by molar-refractivity contribution is 9.10. The summed E-state index contributed by atoms with van der Waals surface area (Å²) in [6.45, 7) is 0.409. The number of aliphatic carboxylic acids is 1. The monoisotopic (exact) mass is 347 g/mol. The van der Waals surface area contributed by atoms with Crippen molar-refractivity contribution in [3.8, 4) is 0 Å². The van der Waals surface area contributed by atoms with Crippen LogP contribution in [0.4, 0.5) is 0 Å². The van der Waals surface area contributed by atoms with E-state index in [4.69, 9.17) is 5.11 Å². The van der Waals surface area contributed by atoms with Gasteiger partial charge in [-0.2, -0.15) is 4.31 Å². The number of nitrogens with zero attached hydrogens (tertiary/aromatic N) is 1. The smallest absolute Gasteiger partial charge is 0.307 e. The topological polar surface area (TPSA) is 74.7 Å². The molecule has 0 aromatic heterocycles. The Hall–Kier alpha value is -0.920. The van der Waals surface area contributed by atoms with Crippen molar-refractivity contribution in [1.29, 1.82) is 0 Å². The van der Waals surface area contributed by atoms with Gasteiger partial charge < -0.3 is 5.11 Å². The number of sulfonamides is 1. The van der Waals surface area contributed by atoms with Gasteiger partial charge in [0, 0.05) is 17.6 Å². The van der Waals surface area contributed by atoms with Crippen LogP contribution < -0.4 is 0 Å². The van der Waals surface area contributed by atoms with Gasteiger partial charge in [-0.25, -0.2) is 8.42 Å². The zero-order valence-electron chi connectivity index (χ0n) is 10.1. The van der Waals surface area contributed by atoms with Crippen molar-refractivity contribution in [3.05, 3.63) is 28.7 Å². The molecule has 0 radical (unpaired) electrons. The highest BCUT2D eigenvalue weighted by Gasteiger charge is 2.33. The van der Waals surface area contributed by atoms with Gasteiger partial charge in [-0.1, -0.05) is 12.1 Å². The maximum absolute atomic E-state index is 12.5. The molecule has 1 fully saturated rings. The average molecular weight is 348 g/mol. The van der Waals surface area contributed by atoms with E-state index in [0.29, 0.717) is 23.9 Å². The van der Waals surface area contributed by atoms with Gasteiger partial charge in [0.1, 0.15) is 0 Å². The molecule has 1 aromatic rings. The van der Waals surface area contributed by atoms with Gasteiger partial charge in [0.15, 0.2) is 0 Å². The Morgan fingerprint density at radius 2 is 2.05 bits per heavy atom. The van der Waals surface area contributed by atoms with Crippen LogP contribution in [0.1, 0.15) is 12.8 Å². The maximum Gasteiger partial charge on any atom is 0.307 e. The molecule has 1 heterocycles. The lowest BCUT2D eigenvalue weighted by molar-refractivity contribution is -0.142. The third kappa shape index (κ3) is 2.98. The van der Waals surface area contributed by atoms with Crippen molar-refractivity contribution in [2.24, 2.45) is 5.92 Å². The molecular weight excluding hydrogens is 334 g/mol. The van der Waals surface area contributed by atoms with Gasteiger partial charge in [-0.15, -0.1) is 0 Å². The van der Waals surface area contributed by atoms with Crippen LogP contribution in [-0.4, -0.2) is 36.9 Å². The summed E-state index contributed by atoms with van der Waals surface area (Å²) in [7, 11) is -3.64. The van der Waals surface area contributed by atoms with Crippen LogP contribution in [0.2, 0.25) is 0 Å². The maximum atomic E-state index is 12.5. The summed E-state index contributed by atoms with van der Waals surface area (Å²) in [6, 6.07) is 6.56. The number of carbonyl (C=O) groups is 1. The van der Waals surface area contributed by atoms with Crippen LogP contribution in [0.25, 0.3) is 0 Å². The van der Waals surface area contributed by atoms with Crippen LogP contribution in [0.3, 0.4) is 0 Å². The van der Waals surface area contributed by atoms with E-state index in [2.05, 4.69) is 15.9 Å². The number of benzene rings is 1. The van der Waals surface area contributed by atoms with Gasteiger partial charge in [-0.3, -0.25) is 4.79 Å². The van der Waals surface area contributed by atoms with E-state index >= 15 is 0 Å². The van der Waals surface area contributed by atoms with Crippen molar-refractivity contribution < 1.29 is 18.3 Å². The van der Waals surface area contributed by atoms with E-state index in [1.807, 2.05) is 0 Å². The Balaban J connectivity index is 2.30. The Morgan fingerprint density at radius 1 is 1.37 bits per heavy atom. The average Bonchev–Trinajstić information content (AvgIpc) is 2.39. The Bertz CT molecular complexity index is 587. The molecule has 0 spiro atoms. The third-order valence-electron chi connectivity index (χ3n) is 3.19. The summed E-state index contributed by atoms with van der Waals surface area (Å²) in [5.41, 5.74) is 0.